The number of aliphatic hydroxyl groups excluding tert-OH is 1. The minimum Gasteiger partial charge on any atom is -0.466 e. The van der Waals surface area contributed by atoms with E-state index in [-0.39, 0.29) is 12.1 Å². The Morgan fingerprint density at radius 3 is 2.62 bits per heavy atom. The zero-order valence-corrected chi connectivity index (χ0v) is 8.58. The third-order valence-electron chi connectivity index (χ3n) is 1.88. The van der Waals surface area contributed by atoms with E-state index in [1.165, 1.54) is 0 Å². The van der Waals surface area contributed by atoms with E-state index < -0.39 is 0 Å². The second-order valence-electron chi connectivity index (χ2n) is 3.14. The molecule has 0 heterocycles. The molecular formula is C10H20O3. The van der Waals surface area contributed by atoms with Gasteiger partial charge in [-0.3, -0.25) is 4.79 Å². The van der Waals surface area contributed by atoms with Gasteiger partial charge in [0.15, 0.2) is 0 Å². The second kappa shape index (κ2) is 8.05. The van der Waals surface area contributed by atoms with Crippen molar-refractivity contribution in [2.45, 2.75) is 52.1 Å². The van der Waals surface area contributed by atoms with Crippen molar-refractivity contribution in [2.75, 3.05) is 6.61 Å². The van der Waals surface area contributed by atoms with Crippen LogP contribution in [0.3, 0.4) is 0 Å². The normalized spacial score (nSPS) is 12.5. The van der Waals surface area contributed by atoms with Crippen LogP contribution >= 0.6 is 0 Å². The van der Waals surface area contributed by atoms with Crippen molar-refractivity contribution in [2.24, 2.45) is 0 Å². The van der Waals surface area contributed by atoms with Crippen LogP contribution in [0.5, 0.6) is 0 Å². The maximum Gasteiger partial charge on any atom is 0.305 e. The summed E-state index contributed by atoms with van der Waals surface area (Å²) >= 11 is 0. The average molecular weight is 188 g/mol. The fraction of sp³-hybridized carbons (Fsp3) is 0.900. The molecule has 0 aliphatic carbocycles. The van der Waals surface area contributed by atoms with Gasteiger partial charge in [-0.1, -0.05) is 19.8 Å². The molecular weight excluding hydrogens is 168 g/mol. The Hall–Kier alpha value is -0.570. The van der Waals surface area contributed by atoms with Crippen molar-refractivity contribution in [3.8, 4) is 0 Å². The minimum absolute atomic E-state index is 0.210. The molecule has 0 aliphatic rings. The molecule has 1 N–H and O–H groups in total. The lowest BCUT2D eigenvalue weighted by Crippen LogP contribution is -2.11. The van der Waals surface area contributed by atoms with Gasteiger partial charge in [-0.25, -0.2) is 0 Å². The van der Waals surface area contributed by atoms with Crippen LogP contribution in [0.4, 0.5) is 0 Å². The second-order valence-corrected chi connectivity index (χ2v) is 3.14. The molecule has 0 aromatic rings. The van der Waals surface area contributed by atoms with Crippen molar-refractivity contribution in [3.63, 3.8) is 0 Å². The number of ether oxygens (including phenoxy) is 1. The summed E-state index contributed by atoms with van der Waals surface area (Å²) in [5.74, 6) is -0.210. The number of carbonyl (C=O) groups excluding carboxylic acids is 1. The summed E-state index contributed by atoms with van der Waals surface area (Å²) in [4.78, 5) is 10.9. The summed E-state index contributed by atoms with van der Waals surface area (Å²) < 4.78 is 4.75. The van der Waals surface area contributed by atoms with Gasteiger partial charge in [0.25, 0.3) is 0 Å². The van der Waals surface area contributed by atoms with E-state index in [2.05, 4.69) is 6.92 Å². The lowest BCUT2D eigenvalue weighted by Gasteiger charge is -2.08. The highest BCUT2D eigenvalue weighted by atomic mass is 16.5. The molecule has 3 heteroatoms. The first-order valence-corrected chi connectivity index (χ1v) is 5.04. The van der Waals surface area contributed by atoms with Crippen LogP contribution in [0.25, 0.3) is 0 Å². The van der Waals surface area contributed by atoms with Gasteiger partial charge < -0.3 is 9.84 Å². The van der Waals surface area contributed by atoms with E-state index in [0.717, 1.165) is 19.3 Å². The van der Waals surface area contributed by atoms with E-state index in [9.17, 15) is 9.90 Å². The van der Waals surface area contributed by atoms with Gasteiger partial charge in [0.05, 0.1) is 12.7 Å². The number of carbonyl (C=O) groups is 1. The van der Waals surface area contributed by atoms with Gasteiger partial charge in [-0.2, -0.15) is 0 Å². The molecule has 0 aromatic carbocycles. The first-order chi connectivity index (χ1) is 6.20. The topological polar surface area (TPSA) is 46.5 Å². The van der Waals surface area contributed by atoms with E-state index in [0.29, 0.717) is 19.4 Å². The molecule has 0 saturated heterocycles. The molecule has 0 aromatic heterocycles. The quantitative estimate of drug-likeness (QED) is 0.620. The zero-order valence-electron chi connectivity index (χ0n) is 8.58. The third-order valence-corrected chi connectivity index (χ3v) is 1.88. The maximum atomic E-state index is 10.9. The summed E-state index contributed by atoms with van der Waals surface area (Å²) in [7, 11) is 0. The summed E-state index contributed by atoms with van der Waals surface area (Å²) in [6.45, 7) is 4.29. The smallest absolute Gasteiger partial charge is 0.305 e. The predicted octanol–water partition coefficient (Wildman–Crippen LogP) is 1.88. The Morgan fingerprint density at radius 1 is 1.38 bits per heavy atom. The molecule has 0 aliphatic heterocycles. The monoisotopic (exact) mass is 188 g/mol. The summed E-state index contributed by atoms with van der Waals surface area (Å²) in [6.07, 6.45) is 3.40. The van der Waals surface area contributed by atoms with Crippen LogP contribution in [-0.2, 0) is 9.53 Å². The Kier molecular flexibility index (Phi) is 7.69. The fourth-order valence-corrected chi connectivity index (χ4v) is 1.10. The van der Waals surface area contributed by atoms with Crippen molar-refractivity contribution >= 4 is 5.97 Å². The highest BCUT2D eigenvalue weighted by molar-refractivity contribution is 5.69. The summed E-state index contributed by atoms with van der Waals surface area (Å²) in [5.41, 5.74) is 0. The molecule has 0 rings (SSSR count). The minimum atomic E-state index is -0.343. The van der Waals surface area contributed by atoms with Gasteiger partial charge in [0.2, 0.25) is 0 Å². The van der Waals surface area contributed by atoms with E-state index >= 15 is 0 Å². The zero-order chi connectivity index (χ0) is 10.1. The molecule has 3 nitrogen and oxygen atoms in total. The molecule has 13 heavy (non-hydrogen) atoms. The highest BCUT2D eigenvalue weighted by Gasteiger charge is 2.07. The Morgan fingerprint density at radius 2 is 2.08 bits per heavy atom. The summed E-state index contributed by atoms with van der Waals surface area (Å²) in [6, 6.07) is 0. The number of aliphatic hydroxyl groups is 1. The number of unbranched alkanes of at least 4 members (excludes halogenated alkanes) is 1. The lowest BCUT2D eigenvalue weighted by atomic mass is 10.1. The van der Waals surface area contributed by atoms with Crippen LogP contribution < -0.4 is 0 Å². The predicted molar refractivity (Wildman–Crippen MR) is 51.4 cm³/mol. The molecule has 0 spiro atoms. The van der Waals surface area contributed by atoms with Crippen LogP contribution in [0.2, 0.25) is 0 Å². The number of hydrogen-bond donors (Lipinski definition) is 1. The molecule has 0 radical (unpaired) electrons. The van der Waals surface area contributed by atoms with Gasteiger partial charge in [0, 0.05) is 6.42 Å². The molecule has 0 amide bonds. The van der Waals surface area contributed by atoms with Crippen LogP contribution in [0, 0.1) is 0 Å². The first kappa shape index (κ1) is 12.4. The number of esters is 1. The standard InChI is InChI=1S/C10H20O3/c1-3-5-6-9(11)7-8-10(12)13-4-2/h9,11H,3-8H2,1-2H3/t9-/m1/s1. The molecule has 0 fully saturated rings. The van der Waals surface area contributed by atoms with Crippen LogP contribution in [-0.4, -0.2) is 23.8 Å². The van der Waals surface area contributed by atoms with E-state index in [4.69, 9.17) is 4.74 Å². The largest absolute Gasteiger partial charge is 0.466 e. The summed E-state index contributed by atoms with van der Waals surface area (Å²) in [5, 5.41) is 9.39. The van der Waals surface area contributed by atoms with Gasteiger partial charge in [-0.15, -0.1) is 0 Å². The van der Waals surface area contributed by atoms with Crippen LogP contribution in [0.15, 0.2) is 0 Å². The maximum absolute atomic E-state index is 10.9. The Bertz CT molecular complexity index is 134. The van der Waals surface area contributed by atoms with Gasteiger partial charge in [-0.05, 0) is 19.8 Å². The number of rotatable bonds is 7. The fourth-order valence-electron chi connectivity index (χ4n) is 1.10. The van der Waals surface area contributed by atoms with E-state index in [1.54, 1.807) is 6.92 Å². The number of hydrogen-bond acceptors (Lipinski definition) is 3. The van der Waals surface area contributed by atoms with Crippen molar-refractivity contribution in [1.82, 2.24) is 0 Å². The third kappa shape index (κ3) is 7.78. The lowest BCUT2D eigenvalue weighted by molar-refractivity contribution is -0.143. The van der Waals surface area contributed by atoms with Gasteiger partial charge in [0.1, 0.15) is 0 Å². The molecule has 1 atom stereocenters. The highest BCUT2D eigenvalue weighted by Crippen LogP contribution is 2.06. The van der Waals surface area contributed by atoms with Crippen molar-refractivity contribution in [3.05, 3.63) is 0 Å². The van der Waals surface area contributed by atoms with Gasteiger partial charge >= 0.3 is 5.97 Å². The average Bonchev–Trinajstić information content (AvgIpc) is 2.12. The Balaban J connectivity index is 3.34. The van der Waals surface area contributed by atoms with E-state index in [1.807, 2.05) is 0 Å². The van der Waals surface area contributed by atoms with Crippen molar-refractivity contribution < 1.29 is 14.6 Å². The van der Waals surface area contributed by atoms with Crippen molar-refractivity contribution in [1.29, 1.82) is 0 Å². The molecule has 0 bridgehead atoms. The SMILES string of the molecule is CCCC[C@@H](O)CCC(=O)OCC. The molecule has 78 valence electrons. The van der Waals surface area contributed by atoms with Crippen LogP contribution in [0.1, 0.15) is 46.0 Å². The molecule has 0 unspecified atom stereocenters. The first-order valence-electron chi connectivity index (χ1n) is 5.04. The molecule has 0 saturated carbocycles. The Labute approximate surface area is 80.1 Å².